The van der Waals surface area contributed by atoms with Gasteiger partial charge < -0.3 is 71.9 Å². The zero-order chi connectivity index (χ0) is 102. The van der Waals surface area contributed by atoms with Crippen LogP contribution in [0.5, 0.6) is 23.0 Å². The van der Waals surface area contributed by atoms with Crippen molar-refractivity contribution in [1.29, 1.82) is 0 Å². The number of imidazole rings is 1. The number of ether oxygens (including phenoxy) is 10. The minimum Gasteiger partial charge on any atom is -0.494 e. The first kappa shape index (κ1) is 104. The predicted molar refractivity (Wildman–Crippen MR) is 562 cm³/mol. The molecule has 7 aromatic heterocycles. The number of nitrogens with zero attached hydrogens (tertiary/aromatic N) is 13. The third kappa shape index (κ3) is 26.6. The van der Waals surface area contributed by atoms with E-state index in [4.69, 9.17) is 93.8 Å². The van der Waals surface area contributed by atoms with Crippen molar-refractivity contribution in [3.8, 4) is 23.0 Å². The Balaban J connectivity index is 0.000000139. The molecule has 4 aliphatic rings. The molecule has 0 aliphatic carbocycles. The van der Waals surface area contributed by atoms with Crippen LogP contribution in [0.4, 0.5) is 19.2 Å². The number of nitrogens with one attached hydrogen (secondary N) is 4. The number of hydrogen-bond donors (Lipinski definition) is 4. The van der Waals surface area contributed by atoms with E-state index in [-0.39, 0.29) is 54.0 Å². The molecular weight excluding hydrogens is 1930 g/mol. The minimum atomic E-state index is -0.418. The van der Waals surface area contributed by atoms with Gasteiger partial charge >= 0.3 is 24.4 Å². The van der Waals surface area contributed by atoms with Crippen molar-refractivity contribution in [1.82, 2.24) is 83.5 Å². The van der Waals surface area contributed by atoms with Crippen LogP contribution in [0.3, 0.4) is 0 Å². The number of carbonyl (C=O) groups excluding carboxylic acids is 4. The lowest BCUT2D eigenvalue weighted by Gasteiger charge is -2.36. The number of amides is 4. The molecule has 11 heterocycles. The number of allylic oxidation sites excluding steroid dienone is 1. The van der Waals surface area contributed by atoms with Crippen molar-refractivity contribution < 1.29 is 66.5 Å². The van der Waals surface area contributed by atoms with Crippen molar-refractivity contribution in [2.75, 3.05) is 113 Å². The summed E-state index contributed by atoms with van der Waals surface area (Å²) in [6, 6.07) is 54.0. The average Bonchev–Trinajstić information content (AvgIpc) is 1.63. The van der Waals surface area contributed by atoms with Crippen LogP contribution >= 0.6 is 46.4 Å². The lowest BCUT2D eigenvalue weighted by molar-refractivity contribution is 0.0620. The summed E-state index contributed by atoms with van der Waals surface area (Å²) < 4.78 is 62.0. The highest BCUT2D eigenvalue weighted by Gasteiger charge is 2.41. The zero-order valence-electron chi connectivity index (χ0n) is 83.2. The number of hydrogen-bond acceptors (Lipinski definition) is 20. The van der Waals surface area contributed by atoms with Gasteiger partial charge in [0.05, 0.1) is 71.0 Å². The van der Waals surface area contributed by atoms with E-state index in [0.29, 0.717) is 111 Å². The van der Waals surface area contributed by atoms with Gasteiger partial charge in [-0.3, -0.25) is 33.9 Å². The Morgan fingerprint density at radius 2 is 0.779 bits per heavy atom. The van der Waals surface area contributed by atoms with Gasteiger partial charge in [-0.1, -0.05) is 122 Å². The number of aromatic amines is 4. The van der Waals surface area contributed by atoms with Crippen LogP contribution in [0.1, 0.15) is 166 Å². The molecule has 4 atom stereocenters. The van der Waals surface area contributed by atoms with Crippen molar-refractivity contribution in [2.24, 2.45) is 5.41 Å². The number of H-pyrrole nitrogens is 4. The second kappa shape index (κ2) is 49.4. The minimum absolute atomic E-state index is 0.110. The Labute approximate surface area is 863 Å². The molecule has 145 heavy (non-hydrogen) atoms. The number of methoxy groups -OCH3 is 2. The van der Waals surface area contributed by atoms with Gasteiger partial charge in [-0.25, -0.2) is 34.1 Å². The first-order chi connectivity index (χ1) is 70.3. The molecule has 15 aromatic rings. The molecule has 4 aliphatic heterocycles. The molecule has 8 aromatic carbocycles. The molecule has 0 spiro atoms. The van der Waals surface area contributed by atoms with Crippen molar-refractivity contribution in [3.05, 3.63) is 314 Å². The van der Waals surface area contributed by atoms with Crippen LogP contribution in [0.25, 0.3) is 43.6 Å². The number of benzene rings is 8. The summed E-state index contributed by atoms with van der Waals surface area (Å²) in [5.74, 6) is 3.51. The Bertz CT molecular complexity index is 6800. The molecule has 0 saturated carbocycles. The first-order valence-electron chi connectivity index (χ1n) is 49.2. The van der Waals surface area contributed by atoms with Gasteiger partial charge in [-0.2, -0.15) is 10.2 Å². The van der Waals surface area contributed by atoms with Crippen LogP contribution in [0, 0.1) is 5.41 Å². The monoisotopic (exact) mass is 2050 g/mol. The van der Waals surface area contributed by atoms with Crippen LogP contribution < -0.4 is 18.9 Å². The second-order valence-electron chi connectivity index (χ2n) is 37.6. The van der Waals surface area contributed by atoms with Crippen molar-refractivity contribution in [3.63, 3.8) is 0 Å². The fourth-order valence-electron chi connectivity index (χ4n) is 18.9. The van der Waals surface area contributed by atoms with Crippen LogP contribution in [0.2, 0.25) is 20.1 Å². The summed E-state index contributed by atoms with van der Waals surface area (Å²) in [7, 11) is 3.43. The molecule has 4 unspecified atom stereocenters. The molecule has 0 saturated heterocycles. The summed E-state index contributed by atoms with van der Waals surface area (Å²) in [5, 5.41) is 15.4. The Kier molecular flexibility index (Phi) is 35.5. The highest BCUT2D eigenvalue weighted by molar-refractivity contribution is 6.32. The van der Waals surface area contributed by atoms with E-state index in [1.165, 1.54) is 34.9 Å². The molecular formula is C110H125Cl4N17O14. The molecule has 31 nitrogen and oxygen atoms in total. The first-order valence-corrected chi connectivity index (χ1v) is 50.7. The molecule has 19 rings (SSSR count). The van der Waals surface area contributed by atoms with Gasteiger partial charge in [-0.05, 0) is 237 Å². The SMILES string of the molecule is C=C(C)OC(=O)N1CCc2c([nH]c3ccc(Cl)cc23)C1c1ccc(OCCCn2cncn2)cc1.CC(C)(C)COC(=O)N1CCc2c([nH]c3ccc(Cl)cc23)C1c1ccc(OCCCn2ccnc2)cc1.CC(C)OC(=O)N1CCc2c([nH]c3ccc(Cl)cc23)C1c1ccc(OCCCn2cncn2)cc1.CCOC(=O)N1CCc2c([nH]c3ccc(Cl)cc23)C1c1ccc(OCCCN(CCOC)CCOC)cc1. The topological polar surface area (TPSA) is 319 Å². The van der Waals surface area contributed by atoms with E-state index in [0.717, 1.165) is 196 Å². The van der Waals surface area contributed by atoms with Gasteiger partial charge in [0, 0.05) is 191 Å². The highest BCUT2D eigenvalue weighted by atomic mass is 35.5. The third-order valence-corrected chi connectivity index (χ3v) is 26.5. The van der Waals surface area contributed by atoms with Gasteiger partial charge in [0.1, 0.15) is 72.5 Å². The number of aryl methyl sites for hydroxylation is 3. The lowest BCUT2D eigenvalue weighted by atomic mass is 9.92. The quantitative estimate of drug-likeness (QED) is 0.0165. The van der Waals surface area contributed by atoms with Gasteiger partial charge in [0.2, 0.25) is 0 Å². The van der Waals surface area contributed by atoms with Crippen molar-refractivity contribution >= 4 is 114 Å². The smallest absolute Gasteiger partial charge is 0.415 e. The zero-order valence-corrected chi connectivity index (χ0v) is 86.3. The highest BCUT2D eigenvalue weighted by Crippen LogP contribution is 2.46. The molecule has 762 valence electrons. The maximum atomic E-state index is 13.3. The summed E-state index contributed by atoms with van der Waals surface area (Å²) in [6.07, 6.45) is 16.7. The van der Waals surface area contributed by atoms with Crippen LogP contribution in [-0.4, -0.2) is 227 Å². The Morgan fingerprint density at radius 1 is 0.434 bits per heavy atom. The van der Waals surface area contributed by atoms with Crippen LogP contribution in [-0.2, 0) is 73.7 Å². The average molecular weight is 2050 g/mol. The van der Waals surface area contributed by atoms with Crippen LogP contribution in [0.15, 0.2) is 226 Å². The van der Waals surface area contributed by atoms with E-state index >= 15 is 0 Å². The Morgan fingerprint density at radius 3 is 1.10 bits per heavy atom. The number of carbonyl (C=O) groups is 4. The van der Waals surface area contributed by atoms with Crippen molar-refractivity contribution in [2.45, 2.75) is 150 Å². The summed E-state index contributed by atoms with van der Waals surface area (Å²) in [6.45, 7) is 28.8. The van der Waals surface area contributed by atoms with E-state index in [9.17, 15) is 19.2 Å². The van der Waals surface area contributed by atoms with Gasteiger partial charge in [0.15, 0.2) is 0 Å². The van der Waals surface area contributed by atoms with Gasteiger partial charge in [0.25, 0.3) is 0 Å². The normalized spacial score (nSPS) is 15.3. The second-order valence-corrected chi connectivity index (χ2v) is 39.3. The van der Waals surface area contributed by atoms with Gasteiger partial charge in [-0.15, -0.1) is 0 Å². The molecule has 4 N–H and O–H groups in total. The number of aromatic nitrogens is 12. The Hall–Kier alpha value is -13.5. The molecule has 0 bridgehead atoms. The molecule has 35 heteroatoms. The fourth-order valence-corrected chi connectivity index (χ4v) is 19.6. The summed E-state index contributed by atoms with van der Waals surface area (Å²) in [5.41, 5.74) is 16.6. The third-order valence-electron chi connectivity index (χ3n) is 25.6. The van der Waals surface area contributed by atoms with E-state index < -0.39 is 6.09 Å². The fraction of sp³-hybridized carbons (Fsp3) is 0.373. The summed E-state index contributed by atoms with van der Waals surface area (Å²) in [4.78, 5) is 87.9. The molecule has 4 amide bonds. The summed E-state index contributed by atoms with van der Waals surface area (Å²) >= 11 is 25.2. The standard InChI is InChI=1S/C29H33ClN4O3.C29H38ClN3O5.C26H28ClN5O3.C26H26ClN5O3/c1-29(2,3)18-37-28(35)34-14-11-23-24-17-21(30)7-10-25(24)32-26(23)27(34)20-5-8-22(9-6-20)36-16-4-13-33-15-12-31-19-33;1-4-37-29(34)33-14-12-24-25-20-22(30)8-11-26(25)31-27(24)28(33)21-6-9-23(10-7-21)38-17-5-13-32(15-18-35-2)16-19-36-3;2*1-17(2)35-26(33)32-12-10-21-22-14-19(27)6-9-23(22)30-24(21)25(32)18-4-7-20(8-5-18)34-13-3-11-31-16-28-15-29-31/h5-10,12,15,17,19,27,32H,4,11,13-14,16,18H2,1-3H3;6-11,20,28,31H,4-5,12-19H2,1-3H3;4-9,14-17,25,30H,3,10-13H2,1-2H3;4-9,14-16,25,30H,1,3,10-13H2,2H3. The molecule has 0 radical (unpaired) electrons. The number of rotatable bonds is 34. The molecule has 0 fully saturated rings. The lowest BCUT2D eigenvalue weighted by Crippen LogP contribution is -2.41. The maximum absolute atomic E-state index is 13.3. The maximum Gasteiger partial charge on any atom is 0.415 e. The largest absolute Gasteiger partial charge is 0.494 e. The van der Waals surface area contributed by atoms with E-state index in [1.54, 1.807) is 64.1 Å². The predicted octanol–water partition coefficient (Wildman–Crippen LogP) is 22.8. The van der Waals surface area contributed by atoms with E-state index in [2.05, 4.69) is 77.3 Å². The number of fused-ring (bicyclic) bond motifs is 12. The number of halogens is 4. The van der Waals surface area contributed by atoms with E-state index in [1.807, 2.05) is 213 Å².